The van der Waals surface area contributed by atoms with Crippen molar-refractivity contribution in [1.82, 2.24) is 9.97 Å². The van der Waals surface area contributed by atoms with Crippen LogP contribution in [0, 0.1) is 0 Å². The number of thioether (sulfide) groups is 1. The first-order valence-electron chi connectivity index (χ1n) is 4.97. The molecule has 0 aliphatic carbocycles. The molecule has 1 saturated heterocycles. The van der Waals surface area contributed by atoms with Crippen molar-refractivity contribution < 1.29 is 9.53 Å². The molecule has 6 heteroatoms. The van der Waals surface area contributed by atoms with Crippen LogP contribution < -0.4 is 5.56 Å². The number of ether oxygens (including phenoxy) is 1. The number of carbonyl (C=O) groups excluding carboxylic acids is 1. The van der Waals surface area contributed by atoms with E-state index in [0.717, 1.165) is 17.9 Å². The number of aromatic amines is 1. The molecule has 0 aromatic carbocycles. The van der Waals surface area contributed by atoms with Gasteiger partial charge in [0.15, 0.2) is 0 Å². The van der Waals surface area contributed by atoms with Gasteiger partial charge in [0, 0.05) is 17.9 Å². The van der Waals surface area contributed by atoms with Gasteiger partial charge in [-0.15, -0.1) is 0 Å². The highest BCUT2D eigenvalue weighted by Crippen LogP contribution is 2.29. The first-order chi connectivity index (χ1) is 7.72. The molecule has 5 nitrogen and oxygen atoms in total. The minimum atomic E-state index is -0.652. The van der Waals surface area contributed by atoms with Gasteiger partial charge < -0.3 is 9.72 Å². The zero-order valence-electron chi connectivity index (χ0n) is 8.86. The van der Waals surface area contributed by atoms with Gasteiger partial charge in [0.1, 0.15) is 11.4 Å². The first kappa shape index (κ1) is 11.2. The SMILES string of the molecule is COC(=O)c1cnc(C2CCSC2)[nH]c1=O. The lowest BCUT2D eigenvalue weighted by Gasteiger charge is -2.07. The van der Waals surface area contributed by atoms with Crippen LogP contribution in [0.25, 0.3) is 0 Å². The zero-order chi connectivity index (χ0) is 11.5. The quantitative estimate of drug-likeness (QED) is 0.773. The molecular weight excluding hydrogens is 228 g/mol. The van der Waals surface area contributed by atoms with Crippen molar-refractivity contribution in [2.75, 3.05) is 18.6 Å². The summed E-state index contributed by atoms with van der Waals surface area (Å²) in [6.45, 7) is 0. The Balaban J connectivity index is 2.28. The average molecular weight is 240 g/mol. The number of carbonyl (C=O) groups is 1. The summed E-state index contributed by atoms with van der Waals surface area (Å²) in [7, 11) is 1.24. The maximum atomic E-state index is 11.6. The van der Waals surface area contributed by atoms with Crippen LogP contribution in [0.5, 0.6) is 0 Å². The van der Waals surface area contributed by atoms with E-state index in [1.165, 1.54) is 13.3 Å². The van der Waals surface area contributed by atoms with Gasteiger partial charge in [0.2, 0.25) is 0 Å². The maximum absolute atomic E-state index is 11.6. The van der Waals surface area contributed by atoms with E-state index in [9.17, 15) is 9.59 Å². The average Bonchev–Trinajstić information content (AvgIpc) is 2.81. The van der Waals surface area contributed by atoms with Crippen LogP contribution in [0.3, 0.4) is 0 Å². The fourth-order valence-corrected chi connectivity index (χ4v) is 2.85. The Kier molecular flexibility index (Phi) is 3.28. The van der Waals surface area contributed by atoms with Crippen molar-refractivity contribution in [3.05, 3.63) is 27.9 Å². The van der Waals surface area contributed by atoms with Crippen molar-refractivity contribution in [3.8, 4) is 0 Å². The number of hydrogen-bond acceptors (Lipinski definition) is 5. The molecule has 0 radical (unpaired) electrons. The number of aromatic nitrogens is 2. The van der Waals surface area contributed by atoms with Crippen molar-refractivity contribution in [2.24, 2.45) is 0 Å². The van der Waals surface area contributed by atoms with Crippen LogP contribution in [-0.2, 0) is 4.74 Å². The van der Waals surface area contributed by atoms with Gasteiger partial charge in [-0.2, -0.15) is 11.8 Å². The Morgan fingerprint density at radius 2 is 2.50 bits per heavy atom. The van der Waals surface area contributed by atoms with Crippen molar-refractivity contribution in [3.63, 3.8) is 0 Å². The van der Waals surface area contributed by atoms with E-state index >= 15 is 0 Å². The number of methoxy groups -OCH3 is 1. The molecule has 16 heavy (non-hydrogen) atoms. The van der Waals surface area contributed by atoms with Gasteiger partial charge >= 0.3 is 5.97 Å². The monoisotopic (exact) mass is 240 g/mol. The standard InChI is InChI=1S/C10H12N2O3S/c1-15-10(14)7-4-11-8(12-9(7)13)6-2-3-16-5-6/h4,6H,2-3,5H2,1H3,(H,11,12,13). The molecule has 0 bridgehead atoms. The van der Waals surface area contributed by atoms with E-state index in [1.807, 2.05) is 11.8 Å². The molecule has 0 amide bonds. The number of H-pyrrole nitrogens is 1. The molecular formula is C10H12N2O3S. The summed E-state index contributed by atoms with van der Waals surface area (Å²) in [4.78, 5) is 29.5. The summed E-state index contributed by atoms with van der Waals surface area (Å²) in [5, 5.41) is 0. The fourth-order valence-electron chi connectivity index (χ4n) is 1.62. The Hall–Kier alpha value is -1.30. The highest BCUT2D eigenvalue weighted by Gasteiger charge is 2.21. The molecule has 1 aliphatic rings. The molecule has 1 fully saturated rings. The summed E-state index contributed by atoms with van der Waals surface area (Å²) < 4.78 is 4.48. The molecule has 0 spiro atoms. The van der Waals surface area contributed by atoms with Crippen molar-refractivity contribution >= 4 is 17.7 Å². The number of esters is 1. The normalized spacial score (nSPS) is 19.7. The van der Waals surface area contributed by atoms with Crippen LogP contribution >= 0.6 is 11.8 Å². The summed E-state index contributed by atoms with van der Waals surface area (Å²) >= 11 is 1.84. The lowest BCUT2D eigenvalue weighted by molar-refractivity contribution is 0.0598. The largest absolute Gasteiger partial charge is 0.465 e. The van der Waals surface area contributed by atoms with E-state index < -0.39 is 11.5 Å². The second-order valence-corrected chi connectivity index (χ2v) is 4.71. The van der Waals surface area contributed by atoms with Crippen LogP contribution in [-0.4, -0.2) is 34.6 Å². The van der Waals surface area contributed by atoms with Crippen LogP contribution in [0.4, 0.5) is 0 Å². The molecule has 2 rings (SSSR count). The fraction of sp³-hybridized carbons (Fsp3) is 0.500. The Labute approximate surface area is 96.6 Å². The zero-order valence-corrected chi connectivity index (χ0v) is 9.67. The molecule has 1 aromatic heterocycles. The van der Waals surface area contributed by atoms with E-state index in [1.54, 1.807) is 0 Å². The van der Waals surface area contributed by atoms with Crippen LogP contribution in [0.1, 0.15) is 28.5 Å². The van der Waals surface area contributed by atoms with E-state index in [0.29, 0.717) is 11.7 Å². The lowest BCUT2D eigenvalue weighted by atomic mass is 10.1. The number of rotatable bonds is 2. The second-order valence-electron chi connectivity index (χ2n) is 3.56. The lowest BCUT2D eigenvalue weighted by Crippen LogP contribution is -2.22. The topological polar surface area (TPSA) is 72.0 Å². The summed E-state index contributed by atoms with van der Waals surface area (Å²) in [6.07, 6.45) is 2.31. The Bertz CT molecular complexity index is 452. The minimum Gasteiger partial charge on any atom is -0.465 e. The van der Waals surface area contributed by atoms with Crippen LogP contribution in [0.2, 0.25) is 0 Å². The number of nitrogens with one attached hydrogen (secondary N) is 1. The minimum absolute atomic E-state index is 0.0445. The van der Waals surface area contributed by atoms with Gasteiger partial charge in [-0.25, -0.2) is 9.78 Å². The van der Waals surface area contributed by atoms with Gasteiger partial charge in [0.05, 0.1) is 7.11 Å². The summed E-state index contributed by atoms with van der Waals surface area (Å²) in [6, 6.07) is 0. The molecule has 1 aliphatic heterocycles. The third kappa shape index (κ3) is 2.11. The Morgan fingerprint density at radius 1 is 1.69 bits per heavy atom. The number of nitrogens with zero attached hydrogens (tertiary/aromatic N) is 1. The number of hydrogen-bond donors (Lipinski definition) is 1. The molecule has 1 aromatic rings. The predicted molar refractivity (Wildman–Crippen MR) is 60.9 cm³/mol. The second kappa shape index (κ2) is 4.69. The first-order valence-corrected chi connectivity index (χ1v) is 6.13. The third-order valence-corrected chi connectivity index (χ3v) is 3.70. The highest BCUT2D eigenvalue weighted by atomic mass is 32.2. The van der Waals surface area contributed by atoms with Gasteiger partial charge in [-0.1, -0.05) is 0 Å². The summed E-state index contributed by atoms with van der Waals surface area (Å²) in [5.41, 5.74) is -0.467. The molecule has 1 atom stereocenters. The molecule has 1 unspecified atom stereocenters. The van der Waals surface area contributed by atoms with Gasteiger partial charge in [-0.3, -0.25) is 4.79 Å². The Morgan fingerprint density at radius 3 is 3.06 bits per heavy atom. The van der Waals surface area contributed by atoms with E-state index in [2.05, 4.69) is 14.7 Å². The molecule has 1 N–H and O–H groups in total. The molecule has 0 saturated carbocycles. The predicted octanol–water partition coefficient (Wildman–Crippen LogP) is 0.777. The summed E-state index contributed by atoms with van der Waals surface area (Å²) in [5.74, 6) is 2.38. The van der Waals surface area contributed by atoms with E-state index in [4.69, 9.17) is 0 Å². The third-order valence-electron chi connectivity index (χ3n) is 2.54. The van der Waals surface area contributed by atoms with Gasteiger partial charge in [-0.05, 0) is 12.2 Å². The smallest absolute Gasteiger partial charge is 0.345 e. The molecule has 86 valence electrons. The van der Waals surface area contributed by atoms with Crippen molar-refractivity contribution in [2.45, 2.75) is 12.3 Å². The van der Waals surface area contributed by atoms with Crippen molar-refractivity contribution in [1.29, 1.82) is 0 Å². The van der Waals surface area contributed by atoms with E-state index in [-0.39, 0.29) is 5.56 Å². The van der Waals surface area contributed by atoms with Crippen LogP contribution in [0.15, 0.2) is 11.0 Å². The maximum Gasteiger partial charge on any atom is 0.345 e. The highest BCUT2D eigenvalue weighted by molar-refractivity contribution is 7.99. The van der Waals surface area contributed by atoms with Gasteiger partial charge in [0.25, 0.3) is 5.56 Å². The molecule has 2 heterocycles.